The molecule has 120 valence electrons. The highest BCUT2D eigenvalue weighted by molar-refractivity contribution is 7.92. The van der Waals surface area contributed by atoms with E-state index in [1.165, 1.54) is 6.07 Å². The molecule has 3 rings (SSSR count). The van der Waals surface area contributed by atoms with Gasteiger partial charge < -0.3 is 5.32 Å². The molecule has 0 spiro atoms. The molecule has 7 heteroatoms. The third kappa shape index (κ3) is 3.33. The molecule has 0 radical (unpaired) electrons. The number of aryl methyl sites for hydroxylation is 2. The van der Waals surface area contributed by atoms with Crippen LogP contribution >= 0.6 is 11.6 Å². The highest BCUT2D eigenvalue weighted by Crippen LogP contribution is 2.27. The number of rotatable bonds is 3. The molecule has 2 aromatic carbocycles. The van der Waals surface area contributed by atoms with Gasteiger partial charge in [0.05, 0.1) is 10.6 Å². The largest absolute Gasteiger partial charge is 0.326 e. The number of hydrogen-bond donors (Lipinski definition) is 2. The molecule has 0 saturated carbocycles. The third-order valence-corrected chi connectivity index (χ3v) is 5.31. The van der Waals surface area contributed by atoms with Crippen LogP contribution < -0.4 is 10.0 Å². The monoisotopic (exact) mass is 350 g/mol. The lowest BCUT2D eigenvalue weighted by Crippen LogP contribution is -2.20. The number of halogens is 1. The second-order valence-electron chi connectivity index (χ2n) is 5.43. The number of benzene rings is 2. The number of fused-ring (bicyclic) bond motifs is 1. The van der Waals surface area contributed by atoms with E-state index in [1.54, 1.807) is 37.3 Å². The summed E-state index contributed by atoms with van der Waals surface area (Å²) in [5.41, 5.74) is 2.72. The number of carbonyl (C=O) groups is 1. The van der Waals surface area contributed by atoms with E-state index in [9.17, 15) is 13.2 Å². The number of sulfonamides is 1. The standard InChI is InChI=1S/C16H15ClN2O3S/c1-10-8-12(17)3-5-14(10)19-23(21,22)13-4-6-15-11(9-13)2-7-16(20)18-15/h3-6,8-9,19H,2,7H2,1H3,(H,18,20). The fraction of sp³-hybridized carbons (Fsp3) is 0.188. The molecular formula is C16H15ClN2O3S. The summed E-state index contributed by atoms with van der Waals surface area (Å²) >= 11 is 5.88. The first kappa shape index (κ1) is 15.8. The van der Waals surface area contributed by atoms with Gasteiger partial charge in [-0.1, -0.05) is 11.6 Å². The number of hydrogen-bond acceptors (Lipinski definition) is 3. The first-order valence-electron chi connectivity index (χ1n) is 7.07. The highest BCUT2D eigenvalue weighted by atomic mass is 35.5. The molecule has 1 aliphatic heterocycles. The van der Waals surface area contributed by atoms with E-state index in [0.717, 1.165) is 11.1 Å². The van der Waals surface area contributed by atoms with Crippen LogP contribution in [0, 0.1) is 6.92 Å². The number of carbonyl (C=O) groups excluding carboxylic acids is 1. The van der Waals surface area contributed by atoms with Gasteiger partial charge in [0.2, 0.25) is 5.91 Å². The van der Waals surface area contributed by atoms with Crippen molar-refractivity contribution in [3.63, 3.8) is 0 Å². The van der Waals surface area contributed by atoms with Crippen LogP contribution in [0.2, 0.25) is 5.02 Å². The molecule has 1 amide bonds. The summed E-state index contributed by atoms with van der Waals surface area (Å²) in [4.78, 5) is 11.5. The molecule has 0 aliphatic carbocycles. The Morgan fingerprint density at radius 2 is 1.91 bits per heavy atom. The fourth-order valence-corrected chi connectivity index (χ4v) is 3.88. The summed E-state index contributed by atoms with van der Waals surface area (Å²) in [6.07, 6.45) is 0.894. The van der Waals surface area contributed by atoms with E-state index < -0.39 is 10.0 Å². The van der Waals surface area contributed by atoms with Gasteiger partial charge in [-0.3, -0.25) is 9.52 Å². The molecule has 2 aromatic rings. The van der Waals surface area contributed by atoms with Crippen molar-refractivity contribution in [3.8, 4) is 0 Å². The molecule has 5 nitrogen and oxygen atoms in total. The maximum Gasteiger partial charge on any atom is 0.261 e. The van der Waals surface area contributed by atoms with E-state index in [0.29, 0.717) is 29.2 Å². The maximum atomic E-state index is 12.6. The number of nitrogens with one attached hydrogen (secondary N) is 2. The molecule has 0 fully saturated rings. The van der Waals surface area contributed by atoms with Crippen LogP contribution in [-0.2, 0) is 21.2 Å². The Morgan fingerprint density at radius 1 is 1.13 bits per heavy atom. The van der Waals surface area contributed by atoms with E-state index in [2.05, 4.69) is 10.0 Å². The van der Waals surface area contributed by atoms with Gasteiger partial charge in [0.25, 0.3) is 10.0 Å². The van der Waals surface area contributed by atoms with Crippen LogP contribution in [0.3, 0.4) is 0 Å². The molecule has 1 heterocycles. The lowest BCUT2D eigenvalue weighted by molar-refractivity contribution is -0.116. The second kappa shape index (κ2) is 5.86. The number of anilines is 2. The summed E-state index contributed by atoms with van der Waals surface area (Å²) in [5, 5.41) is 3.29. The van der Waals surface area contributed by atoms with Gasteiger partial charge in [-0.05, 0) is 60.9 Å². The Labute approximate surface area is 139 Å². The van der Waals surface area contributed by atoms with E-state index in [4.69, 9.17) is 11.6 Å². The summed E-state index contributed by atoms with van der Waals surface area (Å²) < 4.78 is 27.7. The van der Waals surface area contributed by atoms with Crippen LogP contribution in [0.1, 0.15) is 17.5 Å². The van der Waals surface area contributed by atoms with Crippen LogP contribution in [0.5, 0.6) is 0 Å². The molecule has 0 unspecified atom stereocenters. The van der Waals surface area contributed by atoms with Crippen molar-refractivity contribution in [2.24, 2.45) is 0 Å². The lowest BCUT2D eigenvalue weighted by Gasteiger charge is -2.18. The lowest BCUT2D eigenvalue weighted by atomic mass is 10.0. The molecule has 1 aliphatic rings. The molecular weight excluding hydrogens is 336 g/mol. The zero-order valence-corrected chi connectivity index (χ0v) is 14.0. The van der Waals surface area contributed by atoms with E-state index >= 15 is 0 Å². The smallest absolute Gasteiger partial charge is 0.261 e. The third-order valence-electron chi connectivity index (χ3n) is 3.72. The molecule has 2 N–H and O–H groups in total. The van der Waals surface area contributed by atoms with Gasteiger partial charge in [0, 0.05) is 17.1 Å². The zero-order chi connectivity index (χ0) is 16.6. The van der Waals surface area contributed by atoms with Gasteiger partial charge in [-0.25, -0.2) is 8.42 Å². The summed E-state index contributed by atoms with van der Waals surface area (Å²) in [5.74, 6) is -0.0528. The fourth-order valence-electron chi connectivity index (χ4n) is 2.47. The van der Waals surface area contributed by atoms with Gasteiger partial charge in [-0.15, -0.1) is 0 Å². The van der Waals surface area contributed by atoms with Crippen molar-refractivity contribution in [2.45, 2.75) is 24.7 Å². The van der Waals surface area contributed by atoms with Gasteiger partial charge in [-0.2, -0.15) is 0 Å². The quantitative estimate of drug-likeness (QED) is 0.891. The Hall–Kier alpha value is -2.05. The minimum Gasteiger partial charge on any atom is -0.326 e. The van der Waals surface area contributed by atoms with Crippen LogP contribution in [0.15, 0.2) is 41.3 Å². The zero-order valence-electron chi connectivity index (χ0n) is 12.4. The molecule has 0 saturated heterocycles. The Morgan fingerprint density at radius 3 is 2.65 bits per heavy atom. The predicted molar refractivity (Wildman–Crippen MR) is 90.4 cm³/mol. The van der Waals surface area contributed by atoms with Crippen molar-refractivity contribution in [1.29, 1.82) is 0 Å². The van der Waals surface area contributed by atoms with E-state index in [1.807, 2.05) is 0 Å². The van der Waals surface area contributed by atoms with Gasteiger partial charge in [0.1, 0.15) is 0 Å². The first-order chi connectivity index (χ1) is 10.8. The second-order valence-corrected chi connectivity index (χ2v) is 7.55. The predicted octanol–water partition coefficient (Wildman–Crippen LogP) is 3.33. The number of amides is 1. The average Bonchev–Trinajstić information content (AvgIpc) is 2.49. The van der Waals surface area contributed by atoms with E-state index in [-0.39, 0.29) is 10.8 Å². The summed E-state index contributed by atoms with van der Waals surface area (Å²) in [6.45, 7) is 1.78. The maximum absolute atomic E-state index is 12.6. The average molecular weight is 351 g/mol. The van der Waals surface area contributed by atoms with Gasteiger partial charge >= 0.3 is 0 Å². The first-order valence-corrected chi connectivity index (χ1v) is 8.93. The minimum absolute atomic E-state index is 0.0528. The molecule has 0 aromatic heterocycles. The SMILES string of the molecule is Cc1cc(Cl)ccc1NS(=O)(=O)c1ccc2c(c1)CCC(=O)N2. The van der Waals surface area contributed by atoms with Crippen molar-refractivity contribution >= 4 is 38.9 Å². The Bertz CT molecular complexity index is 894. The van der Waals surface area contributed by atoms with Crippen LogP contribution in [0.4, 0.5) is 11.4 Å². The van der Waals surface area contributed by atoms with Crippen molar-refractivity contribution in [3.05, 3.63) is 52.5 Å². The topological polar surface area (TPSA) is 75.3 Å². The molecule has 0 bridgehead atoms. The van der Waals surface area contributed by atoms with Crippen molar-refractivity contribution in [1.82, 2.24) is 0 Å². The Balaban J connectivity index is 1.92. The molecule has 23 heavy (non-hydrogen) atoms. The van der Waals surface area contributed by atoms with Gasteiger partial charge in [0.15, 0.2) is 0 Å². The van der Waals surface area contributed by atoms with Crippen LogP contribution in [0.25, 0.3) is 0 Å². The highest BCUT2D eigenvalue weighted by Gasteiger charge is 2.20. The summed E-state index contributed by atoms with van der Waals surface area (Å²) in [7, 11) is -3.70. The van der Waals surface area contributed by atoms with Crippen molar-refractivity contribution < 1.29 is 13.2 Å². The molecule has 0 atom stereocenters. The minimum atomic E-state index is -3.70. The summed E-state index contributed by atoms with van der Waals surface area (Å²) in [6, 6.07) is 9.67. The van der Waals surface area contributed by atoms with Crippen LogP contribution in [-0.4, -0.2) is 14.3 Å². The van der Waals surface area contributed by atoms with Crippen molar-refractivity contribution in [2.75, 3.05) is 10.0 Å². The normalized spacial score (nSPS) is 14.1. The Kier molecular flexibility index (Phi) is 4.04.